The molecule has 8 heteroatoms. The normalized spacial score (nSPS) is 10.1. The van der Waals surface area contributed by atoms with Crippen LogP contribution in [-0.2, 0) is 0 Å². The van der Waals surface area contributed by atoms with Gasteiger partial charge in [-0.1, -0.05) is 23.2 Å². The summed E-state index contributed by atoms with van der Waals surface area (Å²) in [7, 11) is 1.58. The molecule has 0 spiro atoms. The van der Waals surface area contributed by atoms with Gasteiger partial charge in [-0.2, -0.15) is 0 Å². The first-order valence-electron chi connectivity index (χ1n) is 6.31. The molecule has 23 heavy (non-hydrogen) atoms. The van der Waals surface area contributed by atoms with Gasteiger partial charge in [0, 0.05) is 11.3 Å². The molecule has 0 aliphatic heterocycles. The summed E-state index contributed by atoms with van der Waals surface area (Å²) >= 11 is 20.2. The number of halogens is 3. The zero-order valence-electron chi connectivity index (χ0n) is 11.8. The fourth-order valence-electron chi connectivity index (χ4n) is 1.72. The summed E-state index contributed by atoms with van der Waals surface area (Å²) in [6.45, 7) is 0. The van der Waals surface area contributed by atoms with Crippen LogP contribution in [0.1, 0.15) is 10.4 Å². The van der Waals surface area contributed by atoms with Gasteiger partial charge >= 0.3 is 0 Å². The molecule has 0 atom stereocenters. The number of carbonyl (C=O) groups is 1. The second kappa shape index (κ2) is 7.97. The molecular weight excluding hydrogens is 423 g/mol. The van der Waals surface area contributed by atoms with Crippen molar-refractivity contribution in [3.8, 4) is 5.75 Å². The molecule has 0 bridgehead atoms. The third kappa shape index (κ3) is 4.81. The fraction of sp³-hybridized carbons (Fsp3) is 0.0667. The van der Waals surface area contributed by atoms with Crippen molar-refractivity contribution in [3.63, 3.8) is 0 Å². The van der Waals surface area contributed by atoms with E-state index in [2.05, 4.69) is 26.6 Å². The predicted octanol–water partition coefficient (Wildman–Crippen LogP) is 4.89. The summed E-state index contributed by atoms with van der Waals surface area (Å²) in [4.78, 5) is 12.1. The van der Waals surface area contributed by atoms with Crippen molar-refractivity contribution in [2.75, 3.05) is 12.4 Å². The maximum absolute atomic E-state index is 12.1. The minimum absolute atomic E-state index is 0.165. The molecule has 120 valence electrons. The van der Waals surface area contributed by atoms with E-state index in [1.807, 2.05) is 0 Å². The van der Waals surface area contributed by atoms with Gasteiger partial charge in [0.15, 0.2) is 5.11 Å². The molecule has 0 heterocycles. The van der Waals surface area contributed by atoms with Crippen molar-refractivity contribution in [3.05, 3.63) is 56.5 Å². The van der Waals surface area contributed by atoms with Crippen molar-refractivity contribution < 1.29 is 9.53 Å². The van der Waals surface area contributed by atoms with Crippen LogP contribution in [-0.4, -0.2) is 18.1 Å². The first kappa shape index (κ1) is 18.0. The van der Waals surface area contributed by atoms with E-state index in [4.69, 9.17) is 40.2 Å². The smallest absolute Gasteiger partial charge is 0.257 e. The fourth-order valence-corrected chi connectivity index (χ4v) is 2.77. The van der Waals surface area contributed by atoms with Crippen LogP contribution in [0.5, 0.6) is 5.75 Å². The number of carbonyl (C=O) groups excluding carboxylic acids is 1. The summed E-state index contributed by atoms with van der Waals surface area (Å²) in [5, 5.41) is 6.34. The molecule has 0 aliphatic rings. The van der Waals surface area contributed by atoms with Gasteiger partial charge < -0.3 is 10.1 Å². The van der Waals surface area contributed by atoms with E-state index in [1.54, 1.807) is 37.4 Å². The van der Waals surface area contributed by atoms with Gasteiger partial charge in [-0.05, 0) is 64.5 Å². The number of amides is 1. The predicted molar refractivity (Wildman–Crippen MR) is 101 cm³/mol. The topological polar surface area (TPSA) is 50.4 Å². The van der Waals surface area contributed by atoms with E-state index in [1.165, 1.54) is 6.07 Å². The number of ether oxygens (including phenoxy) is 1. The maximum Gasteiger partial charge on any atom is 0.257 e. The largest absolute Gasteiger partial charge is 0.496 e. The van der Waals surface area contributed by atoms with Crippen LogP contribution in [0.4, 0.5) is 5.69 Å². The number of hydrogen-bond donors (Lipinski definition) is 2. The first-order valence-corrected chi connectivity index (χ1v) is 8.27. The molecule has 2 rings (SSSR count). The second-order valence-electron chi connectivity index (χ2n) is 4.39. The van der Waals surface area contributed by atoms with Crippen molar-refractivity contribution in [1.29, 1.82) is 0 Å². The summed E-state index contributed by atoms with van der Waals surface area (Å²) in [5.41, 5.74) is 1.07. The molecule has 0 unspecified atom stereocenters. The minimum Gasteiger partial charge on any atom is -0.496 e. The number of rotatable bonds is 3. The highest BCUT2D eigenvalue weighted by Crippen LogP contribution is 2.27. The Kier molecular flexibility index (Phi) is 6.24. The second-order valence-corrected chi connectivity index (χ2v) is 6.46. The Labute approximate surface area is 157 Å². The standard InChI is InChI=1S/C15H11BrCl2N2O2S/c1-22-13-5-3-9(7-10(13)16)19-15(23)20-14(21)8-2-4-11(17)12(18)6-8/h2-7H,1H3,(H2,19,20,21,23). The molecule has 0 aromatic heterocycles. The Balaban J connectivity index is 2.02. The van der Waals surface area contributed by atoms with Crippen molar-refractivity contribution in [2.24, 2.45) is 0 Å². The third-order valence-corrected chi connectivity index (χ3v) is 4.38. The quantitative estimate of drug-likeness (QED) is 0.676. The van der Waals surface area contributed by atoms with E-state index < -0.39 is 0 Å². The highest BCUT2D eigenvalue weighted by atomic mass is 79.9. The van der Waals surface area contributed by atoms with E-state index >= 15 is 0 Å². The van der Waals surface area contributed by atoms with Gasteiger partial charge in [0.1, 0.15) is 5.75 Å². The average Bonchev–Trinajstić information content (AvgIpc) is 2.50. The lowest BCUT2D eigenvalue weighted by molar-refractivity contribution is 0.0978. The summed E-state index contributed by atoms with van der Waals surface area (Å²) < 4.78 is 5.91. The third-order valence-electron chi connectivity index (χ3n) is 2.82. The number of methoxy groups -OCH3 is 1. The van der Waals surface area contributed by atoms with Gasteiger partial charge in [-0.25, -0.2) is 0 Å². The Morgan fingerprint density at radius 1 is 1.17 bits per heavy atom. The number of hydrogen-bond acceptors (Lipinski definition) is 3. The Morgan fingerprint density at radius 2 is 1.91 bits per heavy atom. The average molecular weight is 434 g/mol. The summed E-state index contributed by atoms with van der Waals surface area (Å²) in [6, 6.07) is 9.94. The van der Waals surface area contributed by atoms with Gasteiger partial charge in [0.05, 0.1) is 21.6 Å². The van der Waals surface area contributed by atoms with Gasteiger partial charge in [0.25, 0.3) is 5.91 Å². The van der Waals surface area contributed by atoms with Crippen LogP contribution in [0.3, 0.4) is 0 Å². The van der Waals surface area contributed by atoms with Crippen LogP contribution < -0.4 is 15.4 Å². The lowest BCUT2D eigenvalue weighted by atomic mass is 10.2. The van der Waals surface area contributed by atoms with Crippen LogP contribution in [0.2, 0.25) is 10.0 Å². The molecule has 0 fully saturated rings. The molecule has 0 saturated heterocycles. The van der Waals surface area contributed by atoms with Gasteiger partial charge in [0.2, 0.25) is 0 Å². The Hall–Kier alpha value is -1.34. The minimum atomic E-state index is -0.381. The number of thiocarbonyl (C=S) groups is 1. The van der Waals surface area contributed by atoms with Crippen LogP contribution in [0, 0.1) is 0 Å². The molecule has 1 amide bonds. The Morgan fingerprint density at radius 3 is 2.52 bits per heavy atom. The van der Waals surface area contributed by atoms with Crippen molar-refractivity contribution in [2.45, 2.75) is 0 Å². The van der Waals surface area contributed by atoms with Gasteiger partial charge in [-0.15, -0.1) is 0 Å². The van der Waals surface area contributed by atoms with Crippen LogP contribution in [0.15, 0.2) is 40.9 Å². The van der Waals surface area contributed by atoms with E-state index in [0.717, 1.165) is 4.47 Å². The molecular formula is C15H11BrCl2N2O2S. The summed E-state index contributed by atoms with van der Waals surface area (Å²) in [6.07, 6.45) is 0. The number of anilines is 1. The molecule has 2 aromatic rings. The highest BCUT2D eigenvalue weighted by molar-refractivity contribution is 9.10. The van der Waals surface area contributed by atoms with E-state index in [9.17, 15) is 4.79 Å². The first-order chi connectivity index (χ1) is 10.9. The molecule has 2 N–H and O–H groups in total. The highest BCUT2D eigenvalue weighted by Gasteiger charge is 2.10. The van der Waals surface area contributed by atoms with Crippen LogP contribution >= 0.6 is 51.3 Å². The Bertz CT molecular complexity index is 771. The number of nitrogens with one attached hydrogen (secondary N) is 2. The SMILES string of the molecule is COc1ccc(NC(=S)NC(=O)c2ccc(Cl)c(Cl)c2)cc1Br. The summed E-state index contributed by atoms with van der Waals surface area (Å²) in [5.74, 6) is 0.315. The molecule has 2 aromatic carbocycles. The molecule has 0 radical (unpaired) electrons. The van der Waals surface area contributed by atoms with Crippen molar-refractivity contribution >= 4 is 68.1 Å². The van der Waals surface area contributed by atoms with Crippen molar-refractivity contribution in [1.82, 2.24) is 5.32 Å². The maximum atomic E-state index is 12.1. The molecule has 4 nitrogen and oxygen atoms in total. The lowest BCUT2D eigenvalue weighted by Crippen LogP contribution is -2.34. The molecule has 0 aliphatic carbocycles. The van der Waals surface area contributed by atoms with E-state index in [0.29, 0.717) is 27.0 Å². The zero-order valence-corrected chi connectivity index (χ0v) is 15.7. The van der Waals surface area contributed by atoms with Crippen LogP contribution in [0.25, 0.3) is 0 Å². The van der Waals surface area contributed by atoms with E-state index in [-0.39, 0.29) is 11.0 Å². The van der Waals surface area contributed by atoms with Gasteiger partial charge in [-0.3, -0.25) is 10.1 Å². The molecule has 0 saturated carbocycles. The monoisotopic (exact) mass is 432 g/mol. The zero-order chi connectivity index (χ0) is 17.0. The number of benzene rings is 2. The lowest BCUT2D eigenvalue weighted by Gasteiger charge is -2.11.